The Balaban J connectivity index is 1.80. The second kappa shape index (κ2) is 4.81. The predicted molar refractivity (Wildman–Crippen MR) is 86.6 cm³/mol. The molecular formula is C19H30O4. The third kappa shape index (κ3) is 1.92. The molecule has 0 radical (unpaired) electrons. The van der Waals surface area contributed by atoms with Crippen LogP contribution in [0.2, 0.25) is 0 Å². The van der Waals surface area contributed by atoms with Gasteiger partial charge in [0.1, 0.15) is 0 Å². The van der Waals surface area contributed by atoms with Crippen LogP contribution in [0.3, 0.4) is 0 Å². The smallest absolute Gasteiger partial charge is 0.0777 e. The molecule has 4 heteroatoms. The van der Waals surface area contributed by atoms with Gasteiger partial charge in [-0.25, -0.2) is 0 Å². The van der Waals surface area contributed by atoms with Crippen molar-refractivity contribution in [2.45, 2.75) is 82.7 Å². The van der Waals surface area contributed by atoms with Crippen LogP contribution in [0.15, 0.2) is 11.6 Å². The van der Waals surface area contributed by atoms with Gasteiger partial charge in [0.25, 0.3) is 0 Å². The third-order valence-corrected chi connectivity index (χ3v) is 8.01. The summed E-state index contributed by atoms with van der Waals surface area (Å²) >= 11 is 0. The van der Waals surface area contributed by atoms with E-state index in [1.54, 1.807) is 0 Å². The molecule has 8 atom stereocenters. The lowest BCUT2D eigenvalue weighted by Crippen LogP contribution is -2.66. The van der Waals surface area contributed by atoms with Crippen LogP contribution in [-0.2, 0) is 0 Å². The van der Waals surface area contributed by atoms with Crippen LogP contribution in [-0.4, -0.2) is 44.3 Å². The molecule has 4 N–H and O–H groups in total. The second-order valence-corrected chi connectivity index (χ2v) is 9.14. The van der Waals surface area contributed by atoms with Crippen LogP contribution in [0.5, 0.6) is 0 Å². The minimum absolute atomic E-state index is 0.0416. The van der Waals surface area contributed by atoms with Crippen molar-refractivity contribution in [3.8, 4) is 0 Å². The number of aliphatic hydroxyl groups is 4. The lowest BCUT2D eigenvalue weighted by atomic mass is 9.45. The van der Waals surface area contributed by atoms with E-state index in [0.29, 0.717) is 19.3 Å². The summed E-state index contributed by atoms with van der Waals surface area (Å²) in [6.45, 7) is 4.20. The fourth-order valence-corrected chi connectivity index (χ4v) is 6.85. The quantitative estimate of drug-likeness (QED) is 0.512. The van der Waals surface area contributed by atoms with Crippen molar-refractivity contribution < 1.29 is 20.4 Å². The Labute approximate surface area is 138 Å². The van der Waals surface area contributed by atoms with Gasteiger partial charge in [0, 0.05) is 11.3 Å². The molecule has 4 rings (SSSR count). The molecule has 0 amide bonds. The molecule has 0 bridgehead atoms. The van der Waals surface area contributed by atoms with E-state index in [-0.39, 0.29) is 28.8 Å². The van der Waals surface area contributed by atoms with Crippen molar-refractivity contribution in [1.82, 2.24) is 0 Å². The van der Waals surface area contributed by atoms with Crippen molar-refractivity contribution in [1.29, 1.82) is 0 Å². The zero-order valence-electron chi connectivity index (χ0n) is 14.2. The molecule has 23 heavy (non-hydrogen) atoms. The van der Waals surface area contributed by atoms with E-state index in [1.165, 1.54) is 5.57 Å². The Morgan fingerprint density at radius 3 is 2.57 bits per heavy atom. The molecule has 0 aromatic heterocycles. The van der Waals surface area contributed by atoms with E-state index in [2.05, 4.69) is 13.0 Å². The summed E-state index contributed by atoms with van der Waals surface area (Å²) < 4.78 is 0. The molecule has 0 aromatic carbocycles. The molecule has 4 nitrogen and oxygen atoms in total. The highest BCUT2D eigenvalue weighted by Gasteiger charge is 2.67. The first kappa shape index (κ1) is 16.1. The van der Waals surface area contributed by atoms with Gasteiger partial charge in [0.2, 0.25) is 0 Å². The molecule has 0 spiro atoms. The summed E-state index contributed by atoms with van der Waals surface area (Å²) in [5, 5.41) is 43.2. The Hall–Kier alpha value is -0.420. The highest BCUT2D eigenvalue weighted by Crippen LogP contribution is 2.66. The Bertz CT molecular complexity index is 545. The predicted octanol–water partition coefficient (Wildman–Crippen LogP) is 1.76. The lowest BCUT2D eigenvalue weighted by molar-refractivity contribution is -0.225. The first-order valence-corrected chi connectivity index (χ1v) is 9.18. The zero-order chi connectivity index (χ0) is 16.6. The molecule has 3 fully saturated rings. The first-order chi connectivity index (χ1) is 10.7. The van der Waals surface area contributed by atoms with Gasteiger partial charge < -0.3 is 20.4 Å². The molecule has 0 saturated heterocycles. The van der Waals surface area contributed by atoms with E-state index < -0.39 is 17.8 Å². The minimum Gasteiger partial charge on any atom is -0.393 e. The van der Waals surface area contributed by atoms with Crippen LogP contribution < -0.4 is 0 Å². The lowest BCUT2D eigenvalue weighted by Gasteiger charge is -2.63. The largest absolute Gasteiger partial charge is 0.393 e. The molecule has 0 aromatic rings. The monoisotopic (exact) mass is 322 g/mol. The van der Waals surface area contributed by atoms with Crippen molar-refractivity contribution in [3.05, 3.63) is 11.6 Å². The number of rotatable bonds is 0. The standard InChI is InChI=1S/C19H30O4/c1-17-7-6-12(20)9-11(17)5-8-19(23)14-3-4-15(22)18(14,2)10-13(21)16(17)19/h5,12-16,20-23H,3-4,6-10H2,1-2H3/t12-,13+,14+,15-,16+,17-,18-,19?/m0/s1. The van der Waals surface area contributed by atoms with Gasteiger partial charge in [0.15, 0.2) is 0 Å². The fraction of sp³-hybridized carbons (Fsp3) is 0.895. The van der Waals surface area contributed by atoms with Gasteiger partial charge in [-0.2, -0.15) is 0 Å². The maximum atomic E-state index is 11.7. The average molecular weight is 322 g/mol. The highest BCUT2D eigenvalue weighted by molar-refractivity contribution is 5.30. The fourth-order valence-electron chi connectivity index (χ4n) is 6.85. The van der Waals surface area contributed by atoms with E-state index >= 15 is 0 Å². The number of aliphatic hydroxyl groups excluding tert-OH is 3. The van der Waals surface area contributed by atoms with Gasteiger partial charge >= 0.3 is 0 Å². The molecule has 0 heterocycles. The van der Waals surface area contributed by atoms with Crippen molar-refractivity contribution in [2.24, 2.45) is 22.7 Å². The summed E-state index contributed by atoms with van der Waals surface area (Å²) in [6, 6.07) is 0. The van der Waals surface area contributed by atoms with Crippen molar-refractivity contribution in [2.75, 3.05) is 0 Å². The van der Waals surface area contributed by atoms with Crippen molar-refractivity contribution in [3.63, 3.8) is 0 Å². The van der Waals surface area contributed by atoms with Gasteiger partial charge in [0.05, 0.1) is 23.9 Å². The molecule has 4 aliphatic carbocycles. The maximum Gasteiger partial charge on any atom is 0.0777 e. The second-order valence-electron chi connectivity index (χ2n) is 9.14. The maximum absolute atomic E-state index is 11.7. The summed E-state index contributed by atoms with van der Waals surface area (Å²) in [6.07, 6.45) is 5.68. The summed E-state index contributed by atoms with van der Waals surface area (Å²) in [5.74, 6) is -0.147. The van der Waals surface area contributed by atoms with Gasteiger partial charge in [-0.3, -0.25) is 0 Å². The normalized spacial score (nSPS) is 58.9. The first-order valence-electron chi connectivity index (χ1n) is 9.18. The minimum atomic E-state index is -0.940. The SMILES string of the molecule is C[C@]12C[C@@H](O)[C@H]3C(O)(CC=C4C[C@@H](O)CC[C@@]43C)[C@@H]1CC[C@@H]2O. The Kier molecular flexibility index (Phi) is 3.36. The number of fused-ring (bicyclic) bond motifs is 5. The summed E-state index contributed by atoms with van der Waals surface area (Å²) in [5.41, 5.74) is -0.349. The summed E-state index contributed by atoms with van der Waals surface area (Å²) in [4.78, 5) is 0. The van der Waals surface area contributed by atoms with Crippen LogP contribution in [0.25, 0.3) is 0 Å². The molecule has 1 unspecified atom stereocenters. The molecule has 130 valence electrons. The Morgan fingerprint density at radius 1 is 1.09 bits per heavy atom. The molecule has 0 aliphatic heterocycles. The Morgan fingerprint density at radius 2 is 1.83 bits per heavy atom. The number of hydrogen-bond acceptors (Lipinski definition) is 4. The zero-order valence-corrected chi connectivity index (χ0v) is 14.2. The van der Waals surface area contributed by atoms with E-state index in [4.69, 9.17) is 0 Å². The molecular weight excluding hydrogens is 292 g/mol. The van der Waals surface area contributed by atoms with Gasteiger partial charge in [-0.1, -0.05) is 25.5 Å². The number of hydrogen-bond donors (Lipinski definition) is 4. The van der Waals surface area contributed by atoms with Crippen molar-refractivity contribution >= 4 is 0 Å². The van der Waals surface area contributed by atoms with Crippen LogP contribution in [0.4, 0.5) is 0 Å². The average Bonchev–Trinajstić information content (AvgIpc) is 2.76. The topological polar surface area (TPSA) is 80.9 Å². The van der Waals surface area contributed by atoms with Gasteiger partial charge in [-0.15, -0.1) is 0 Å². The van der Waals surface area contributed by atoms with E-state index in [0.717, 1.165) is 25.7 Å². The summed E-state index contributed by atoms with van der Waals surface area (Å²) in [7, 11) is 0. The molecule has 3 saturated carbocycles. The van der Waals surface area contributed by atoms with Crippen LogP contribution >= 0.6 is 0 Å². The van der Waals surface area contributed by atoms with Gasteiger partial charge in [-0.05, 0) is 56.3 Å². The van der Waals surface area contributed by atoms with Crippen LogP contribution in [0.1, 0.15) is 58.8 Å². The molecule has 4 aliphatic rings. The van der Waals surface area contributed by atoms with Crippen LogP contribution in [0, 0.1) is 22.7 Å². The van der Waals surface area contributed by atoms with E-state index in [9.17, 15) is 20.4 Å². The third-order valence-electron chi connectivity index (χ3n) is 8.01. The highest BCUT2D eigenvalue weighted by atomic mass is 16.3. The van der Waals surface area contributed by atoms with E-state index in [1.807, 2.05) is 6.92 Å².